The van der Waals surface area contributed by atoms with Gasteiger partial charge in [0.1, 0.15) is 5.75 Å². The second-order valence-electron chi connectivity index (χ2n) is 7.33. The van der Waals surface area contributed by atoms with Crippen LogP contribution in [0.3, 0.4) is 0 Å². The first kappa shape index (κ1) is 22.1. The minimum absolute atomic E-state index is 0.0400. The van der Waals surface area contributed by atoms with E-state index in [1.807, 2.05) is 30.3 Å². The van der Waals surface area contributed by atoms with E-state index in [2.05, 4.69) is 16.0 Å². The van der Waals surface area contributed by atoms with Crippen molar-refractivity contribution in [3.8, 4) is 5.75 Å². The number of anilines is 1. The molecule has 0 aliphatic carbocycles. The highest BCUT2D eigenvalue weighted by molar-refractivity contribution is 5.94. The van der Waals surface area contributed by atoms with Crippen molar-refractivity contribution < 1.29 is 19.1 Å². The van der Waals surface area contributed by atoms with E-state index in [-0.39, 0.29) is 23.8 Å². The van der Waals surface area contributed by atoms with E-state index < -0.39 is 0 Å². The fraction of sp³-hybridized carbons (Fsp3) is 0.348. The number of para-hydroxylation sites is 1. The zero-order chi connectivity index (χ0) is 22.1. The summed E-state index contributed by atoms with van der Waals surface area (Å²) in [6.45, 7) is 1.76. The van der Waals surface area contributed by atoms with Crippen LogP contribution < -0.4 is 20.7 Å². The molecule has 1 heterocycles. The molecule has 4 amide bonds. The Labute approximate surface area is 182 Å². The summed E-state index contributed by atoms with van der Waals surface area (Å²) in [6.07, 6.45) is 1.23. The van der Waals surface area contributed by atoms with Gasteiger partial charge >= 0.3 is 6.03 Å². The predicted molar refractivity (Wildman–Crippen MR) is 118 cm³/mol. The lowest BCUT2D eigenvalue weighted by molar-refractivity contribution is -0.126. The molecule has 1 fully saturated rings. The molecule has 8 nitrogen and oxygen atoms in total. The zero-order valence-corrected chi connectivity index (χ0v) is 17.6. The van der Waals surface area contributed by atoms with E-state index >= 15 is 0 Å². The van der Waals surface area contributed by atoms with Crippen LogP contribution in [0.5, 0.6) is 5.75 Å². The normalized spacial score (nSPS) is 13.9. The van der Waals surface area contributed by atoms with Crippen molar-refractivity contribution in [1.29, 1.82) is 0 Å². The summed E-state index contributed by atoms with van der Waals surface area (Å²) >= 11 is 0. The number of ether oxygens (including phenoxy) is 1. The highest BCUT2D eigenvalue weighted by atomic mass is 16.5. The number of methoxy groups -OCH3 is 1. The maximum absolute atomic E-state index is 12.4. The number of piperidine rings is 1. The second-order valence-corrected chi connectivity index (χ2v) is 7.33. The molecule has 0 saturated carbocycles. The molecule has 0 spiro atoms. The molecule has 0 radical (unpaired) electrons. The molecule has 0 bridgehead atoms. The van der Waals surface area contributed by atoms with E-state index in [1.54, 1.807) is 36.3 Å². The molecule has 2 aromatic carbocycles. The van der Waals surface area contributed by atoms with Gasteiger partial charge in [0.05, 0.1) is 7.11 Å². The summed E-state index contributed by atoms with van der Waals surface area (Å²) in [7, 11) is 1.57. The van der Waals surface area contributed by atoms with E-state index in [0.29, 0.717) is 50.3 Å². The van der Waals surface area contributed by atoms with E-state index in [9.17, 15) is 14.4 Å². The number of benzene rings is 2. The molecule has 0 atom stereocenters. The average Bonchev–Trinajstić information content (AvgIpc) is 2.82. The quantitative estimate of drug-likeness (QED) is 0.595. The fourth-order valence-electron chi connectivity index (χ4n) is 3.42. The van der Waals surface area contributed by atoms with Gasteiger partial charge in [0.2, 0.25) is 5.91 Å². The van der Waals surface area contributed by atoms with Gasteiger partial charge in [-0.2, -0.15) is 0 Å². The summed E-state index contributed by atoms with van der Waals surface area (Å²) in [6, 6.07) is 16.0. The van der Waals surface area contributed by atoms with Gasteiger partial charge in [0, 0.05) is 43.3 Å². The summed E-state index contributed by atoms with van der Waals surface area (Å²) in [4.78, 5) is 38.6. The minimum Gasteiger partial charge on any atom is -0.497 e. The number of hydrogen-bond acceptors (Lipinski definition) is 4. The highest BCUT2D eigenvalue weighted by Gasteiger charge is 2.27. The van der Waals surface area contributed by atoms with Crippen LogP contribution >= 0.6 is 0 Å². The van der Waals surface area contributed by atoms with Gasteiger partial charge in [0.15, 0.2) is 0 Å². The number of nitrogens with one attached hydrogen (secondary N) is 3. The Kier molecular flexibility index (Phi) is 7.86. The van der Waals surface area contributed by atoms with E-state index in [0.717, 1.165) is 5.69 Å². The lowest BCUT2D eigenvalue weighted by Crippen LogP contribution is -2.45. The van der Waals surface area contributed by atoms with Crippen LogP contribution in [0.15, 0.2) is 54.6 Å². The number of likely N-dealkylation sites (tertiary alicyclic amines) is 1. The molecule has 2 aromatic rings. The van der Waals surface area contributed by atoms with Crippen LogP contribution in [-0.2, 0) is 4.79 Å². The molecule has 1 aliphatic rings. The number of carbonyl (C=O) groups excluding carboxylic acids is 3. The first-order valence-electron chi connectivity index (χ1n) is 10.4. The third kappa shape index (κ3) is 6.47. The average molecular weight is 425 g/mol. The van der Waals surface area contributed by atoms with Gasteiger partial charge in [-0.05, 0) is 49.2 Å². The van der Waals surface area contributed by atoms with Gasteiger partial charge in [-0.3, -0.25) is 9.59 Å². The molecular weight excluding hydrogens is 396 g/mol. The monoisotopic (exact) mass is 424 g/mol. The van der Waals surface area contributed by atoms with Crippen molar-refractivity contribution >= 4 is 23.5 Å². The zero-order valence-electron chi connectivity index (χ0n) is 17.6. The van der Waals surface area contributed by atoms with Crippen LogP contribution in [-0.4, -0.2) is 56.0 Å². The Morgan fingerprint density at radius 2 is 1.58 bits per heavy atom. The fourth-order valence-corrected chi connectivity index (χ4v) is 3.42. The maximum Gasteiger partial charge on any atom is 0.321 e. The topological polar surface area (TPSA) is 99.8 Å². The van der Waals surface area contributed by atoms with Crippen molar-refractivity contribution in [1.82, 2.24) is 15.5 Å². The first-order chi connectivity index (χ1) is 15.1. The molecule has 1 aliphatic heterocycles. The number of hydrogen-bond donors (Lipinski definition) is 3. The maximum atomic E-state index is 12.4. The second kappa shape index (κ2) is 11.0. The standard InChI is InChI=1S/C23H28N4O4/c1-31-20-9-7-17(8-10-20)21(28)24-13-14-25-22(29)18-11-15-27(16-12-18)23(30)26-19-5-3-2-4-6-19/h2-10,18H,11-16H2,1H3,(H,24,28)(H,25,29)(H,26,30). The van der Waals surface area contributed by atoms with Crippen molar-refractivity contribution in [3.63, 3.8) is 0 Å². The van der Waals surface area contributed by atoms with Gasteiger partial charge < -0.3 is 25.6 Å². The van der Waals surface area contributed by atoms with Crippen LogP contribution in [0.2, 0.25) is 0 Å². The van der Waals surface area contributed by atoms with E-state index in [4.69, 9.17) is 4.74 Å². The third-order valence-electron chi connectivity index (χ3n) is 5.24. The van der Waals surface area contributed by atoms with Gasteiger partial charge in [-0.25, -0.2) is 4.79 Å². The summed E-state index contributed by atoms with van der Waals surface area (Å²) in [5.74, 6) is 0.321. The van der Waals surface area contributed by atoms with Crippen molar-refractivity contribution in [2.45, 2.75) is 12.8 Å². The lowest BCUT2D eigenvalue weighted by atomic mass is 9.96. The van der Waals surface area contributed by atoms with Crippen molar-refractivity contribution in [2.75, 3.05) is 38.6 Å². The number of urea groups is 1. The number of rotatable bonds is 7. The molecule has 3 rings (SSSR count). The first-order valence-corrected chi connectivity index (χ1v) is 10.4. The molecule has 0 aromatic heterocycles. The summed E-state index contributed by atoms with van der Waals surface area (Å²) in [5, 5.41) is 8.52. The van der Waals surface area contributed by atoms with Gasteiger partial charge in [-0.15, -0.1) is 0 Å². The lowest BCUT2D eigenvalue weighted by Gasteiger charge is -2.31. The van der Waals surface area contributed by atoms with Crippen molar-refractivity contribution in [2.24, 2.45) is 5.92 Å². The van der Waals surface area contributed by atoms with Crippen LogP contribution in [0.25, 0.3) is 0 Å². The molecule has 3 N–H and O–H groups in total. The smallest absolute Gasteiger partial charge is 0.321 e. The van der Waals surface area contributed by atoms with Crippen LogP contribution in [0.1, 0.15) is 23.2 Å². The van der Waals surface area contributed by atoms with Gasteiger partial charge in [0.25, 0.3) is 5.91 Å². The Morgan fingerprint density at radius 3 is 2.23 bits per heavy atom. The molecule has 164 valence electrons. The summed E-state index contributed by atoms with van der Waals surface area (Å²) in [5.41, 5.74) is 1.29. The molecule has 31 heavy (non-hydrogen) atoms. The number of nitrogens with zero attached hydrogens (tertiary/aromatic N) is 1. The Morgan fingerprint density at radius 1 is 0.935 bits per heavy atom. The number of carbonyl (C=O) groups is 3. The molecular formula is C23H28N4O4. The van der Waals surface area contributed by atoms with E-state index in [1.165, 1.54) is 0 Å². The van der Waals surface area contributed by atoms with Crippen LogP contribution in [0, 0.1) is 5.92 Å². The van der Waals surface area contributed by atoms with Gasteiger partial charge in [-0.1, -0.05) is 18.2 Å². The SMILES string of the molecule is COc1ccc(C(=O)NCCNC(=O)C2CCN(C(=O)Nc3ccccc3)CC2)cc1. The van der Waals surface area contributed by atoms with Crippen LogP contribution in [0.4, 0.5) is 10.5 Å². The molecule has 8 heteroatoms. The molecule has 1 saturated heterocycles. The Bertz CT molecular complexity index is 878. The highest BCUT2D eigenvalue weighted by Crippen LogP contribution is 2.18. The van der Waals surface area contributed by atoms with Crippen molar-refractivity contribution in [3.05, 3.63) is 60.2 Å². The number of amides is 4. The molecule has 0 unspecified atom stereocenters. The minimum atomic E-state index is -0.199. The summed E-state index contributed by atoms with van der Waals surface area (Å²) < 4.78 is 5.07. The Balaban J connectivity index is 1.33. The Hall–Kier alpha value is -3.55. The largest absolute Gasteiger partial charge is 0.497 e. The predicted octanol–water partition coefficient (Wildman–Crippen LogP) is 2.49. The third-order valence-corrected chi connectivity index (χ3v) is 5.24.